The van der Waals surface area contributed by atoms with Gasteiger partial charge in [0.1, 0.15) is 4.49 Å². The maximum absolute atomic E-state index is 11.3. The Morgan fingerprint density at radius 3 is 2.68 bits per heavy atom. The number of morpholine rings is 1. The van der Waals surface area contributed by atoms with Crippen molar-refractivity contribution in [2.45, 2.75) is 0 Å². The lowest BCUT2D eigenvalue weighted by atomic mass is 10.3. The van der Waals surface area contributed by atoms with E-state index in [1.807, 2.05) is 4.90 Å². The summed E-state index contributed by atoms with van der Waals surface area (Å²) in [6.45, 7) is 5.80. The number of esters is 1. The van der Waals surface area contributed by atoms with Gasteiger partial charge in [0.15, 0.2) is 0 Å². The summed E-state index contributed by atoms with van der Waals surface area (Å²) in [7, 11) is 1.38. The number of nitrogens with zero attached hydrogens (tertiary/aromatic N) is 2. The fraction of sp³-hybridized carbons (Fsp3) is 0.750. The van der Waals surface area contributed by atoms with Gasteiger partial charge in [-0.05, 0) is 6.08 Å². The zero-order chi connectivity index (χ0) is 14.1. The van der Waals surface area contributed by atoms with Crippen molar-refractivity contribution >= 4 is 29.2 Å². The van der Waals surface area contributed by atoms with Crippen LogP contribution in [0.25, 0.3) is 0 Å². The van der Waals surface area contributed by atoms with Gasteiger partial charge in [0.2, 0.25) is 0 Å². The number of carbonyl (C=O) groups excluding carboxylic acids is 1. The van der Waals surface area contributed by atoms with E-state index in [9.17, 15) is 4.79 Å². The molecule has 0 radical (unpaired) electrons. The van der Waals surface area contributed by atoms with Crippen molar-refractivity contribution < 1.29 is 14.3 Å². The van der Waals surface area contributed by atoms with Crippen LogP contribution >= 0.6 is 23.2 Å². The molecule has 0 atom stereocenters. The Morgan fingerprint density at radius 2 is 2.11 bits per heavy atom. The zero-order valence-corrected chi connectivity index (χ0v) is 12.6. The molecule has 0 aromatic carbocycles. The number of hydrogen-bond acceptors (Lipinski definition) is 5. The molecular weight excluding hydrogens is 291 g/mol. The first-order chi connectivity index (χ1) is 9.11. The summed E-state index contributed by atoms with van der Waals surface area (Å²) < 4.78 is 10.2. The minimum Gasteiger partial charge on any atom is -0.468 e. The van der Waals surface area contributed by atoms with Crippen LogP contribution in [0.5, 0.6) is 0 Å². The second-order valence-corrected chi connectivity index (χ2v) is 5.27. The average Bonchev–Trinajstić information content (AvgIpc) is 2.42. The summed E-state index contributed by atoms with van der Waals surface area (Å²) in [5.74, 6) is -0.263. The van der Waals surface area contributed by atoms with Gasteiger partial charge in [-0.15, -0.1) is 0 Å². The molecule has 0 saturated carbocycles. The van der Waals surface area contributed by atoms with Gasteiger partial charge in [0.25, 0.3) is 0 Å². The summed E-state index contributed by atoms with van der Waals surface area (Å²) in [6.07, 6.45) is 1.67. The minimum atomic E-state index is -0.263. The fourth-order valence-electron chi connectivity index (χ4n) is 1.79. The number of halogens is 2. The van der Waals surface area contributed by atoms with Crippen LogP contribution in [0.15, 0.2) is 10.6 Å². The van der Waals surface area contributed by atoms with Gasteiger partial charge in [-0.25, -0.2) is 0 Å². The summed E-state index contributed by atoms with van der Waals surface area (Å²) in [5, 5.41) is 0. The van der Waals surface area contributed by atoms with E-state index in [0.717, 1.165) is 39.4 Å². The van der Waals surface area contributed by atoms with Gasteiger partial charge in [0.05, 0.1) is 26.9 Å². The lowest BCUT2D eigenvalue weighted by Crippen LogP contribution is -2.42. The van der Waals surface area contributed by atoms with Crippen LogP contribution in [0.3, 0.4) is 0 Å². The molecule has 0 aromatic rings. The number of hydrogen-bond donors (Lipinski definition) is 0. The highest BCUT2D eigenvalue weighted by atomic mass is 35.5. The molecule has 0 bridgehead atoms. The number of rotatable bonds is 7. The molecule has 1 rings (SSSR count). The molecule has 5 nitrogen and oxygen atoms in total. The quantitative estimate of drug-likeness (QED) is 0.659. The molecule has 0 aliphatic carbocycles. The van der Waals surface area contributed by atoms with Crippen molar-refractivity contribution in [2.24, 2.45) is 0 Å². The first-order valence-corrected chi connectivity index (χ1v) is 6.98. The van der Waals surface area contributed by atoms with E-state index in [1.165, 1.54) is 7.11 Å². The Hall–Kier alpha value is -0.330. The fourth-order valence-corrected chi connectivity index (χ4v) is 1.93. The van der Waals surface area contributed by atoms with Gasteiger partial charge >= 0.3 is 5.97 Å². The van der Waals surface area contributed by atoms with Gasteiger partial charge in [-0.3, -0.25) is 14.6 Å². The third kappa shape index (κ3) is 7.74. The SMILES string of the molecule is COC(=O)CN(CC=C(Cl)Cl)CCN1CCOCC1. The molecule has 1 saturated heterocycles. The summed E-state index contributed by atoms with van der Waals surface area (Å²) in [5.41, 5.74) is 0. The van der Waals surface area contributed by atoms with Crippen LogP contribution in [0.1, 0.15) is 0 Å². The Balaban J connectivity index is 2.38. The predicted octanol–water partition coefficient (Wildman–Crippen LogP) is 1.11. The Kier molecular flexibility index (Phi) is 8.41. The van der Waals surface area contributed by atoms with Crippen molar-refractivity contribution in [3.05, 3.63) is 10.6 Å². The lowest BCUT2D eigenvalue weighted by Gasteiger charge is -2.29. The molecule has 0 spiro atoms. The summed E-state index contributed by atoms with van der Waals surface area (Å²) in [6, 6.07) is 0. The summed E-state index contributed by atoms with van der Waals surface area (Å²) in [4.78, 5) is 15.6. The molecule has 0 unspecified atom stereocenters. The normalized spacial score (nSPS) is 16.4. The van der Waals surface area contributed by atoms with Crippen LogP contribution in [0, 0.1) is 0 Å². The molecule has 7 heteroatoms. The maximum Gasteiger partial charge on any atom is 0.319 e. The molecule has 1 aliphatic rings. The third-order valence-corrected chi connectivity index (χ3v) is 3.23. The number of ether oxygens (including phenoxy) is 2. The van der Waals surface area contributed by atoms with Crippen molar-refractivity contribution in [2.75, 3.05) is 59.6 Å². The third-order valence-electron chi connectivity index (χ3n) is 2.92. The van der Waals surface area contributed by atoms with E-state index in [2.05, 4.69) is 9.64 Å². The molecule has 19 heavy (non-hydrogen) atoms. The smallest absolute Gasteiger partial charge is 0.319 e. The van der Waals surface area contributed by atoms with E-state index in [1.54, 1.807) is 6.08 Å². The highest BCUT2D eigenvalue weighted by Crippen LogP contribution is 2.06. The molecule has 1 heterocycles. The first-order valence-electron chi connectivity index (χ1n) is 6.22. The van der Waals surface area contributed by atoms with E-state index < -0.39 is 0 Å². The maximum atomic E-state index is 11.3. The molecule has 0 amide bonds. The highest BCUT2D eigenvalue weighted by molar-refractivity contribution is 6.55. The minimum absolute atomic E-state index is 0.209. The second-order valence-electron chi connectivity index (χ2n) is 4.26. The summed E-state index contributed by atoms with van der Waals surface area (Å²) >= 11 is 11.2. The van der Waals surface area contributed by atoms with E-state index in [4.69, 9.17) is 27.9 Å². The molecule has 0 aromatic heterocycles. The van der Waals surface area contributed by atoms with Crippen molar-refractivity contribution in [3.8, 4) is 0 Å². The largest absolute Gasteiger partial charge is 0.468 e. The van der Waals surface area contributed by atoms with Crippen molar-refractivity contribution in [1.82, 2.24) is 9.80 Å². The van der Waals surface area contributed by atoms with Gasteiger partial charge in [-0.1, -0.05) is 23.2 Å². The van der Waals surface area contributed by atoms with Crippen LogP contribution in [0.4, 0.5) is 0 Å². The van der Waals surface area contributed by atoms with Crippen LogP contribution in [-0.4, -0.2) is 75.4 Å². The lowest BCUT2D eigenvalue weighted by molar-refractivity contribution is -0.141. The van der Waals surface area contributed by atoms with Crippen molar-refractivity contribution in [3.63, 3.8) is 0 Å². The Bertz CT molecular complexity index is 303. The number of carbonyl (C=O) groups is 1. The predicted molar refractivity (Wildman–Crippen MR) is 75.5 cm³/mol. The highest BCUT2D eigenvalue weighted by Gasteiger charge is 2.14. The van der Waals surface area contributed by atoms with E-state index in [-0.39, 0.29) is 17.0 Å². The zero-order valence-electron chi connectivity index (χ0n) is 11.1. The molecule has 1 aliphatic heterocycles. The van der Waals surface area contributed by atoms with Crippen LogP contribution in [0.2, 0.25) is 0 Å². The molecule has 1 fully saturated rings. The van der Waals surface area contributed by atoms with Gasteiger partial charge < -0.3 is 9.47 Å². The van der Waals surface area contributed by atoms with Crippen molar-refractivity contribution in [1.29, 1.82) is 0 Å². The Morgan fingerprint density at radius 1 is 1.42 bits per heavy atom. The van der Waals surface area contributed by atoms with Crippen LogP contribution < -0.4 is 0 Å². The molecular formula is C12H20Cl2N2O3. The standard InChI is InChI=1S/C12H20Cl2N2O3/c1-18-12(17)10-16(3-2-11(13)14)5-4-15-6-8-19-9-7-15/h2H,3-10H2,1H3. The monoisotopic (exact) mass is 310 g/mol. The Labute approximate surface area is 124 Å². The first kappa shape index (κ1) is 16.7. The second kappa shape index (κ2) is 9.55. The van der Waals surface area contributed by atoms with E-state index >= 15 is 0 Å². The van der Waals surface area contributed by atoms with E-state index in [0.29, 0.717) is 6.54 Å². The topological polar surface area (TPSA) is 42.0 Å². The molecule has 110 valence electrons. The van der Waals surface area contributed by atoms with Crippen LogP contribution in [-0.2, 0) is 14.3 Å². The number of methoxy groups -OCH3 is 1. The molecule has 0 N–H and O–H groups in total. The average molecular weight is 311 g/mol. The van der Waals surface area contributed by atoms with Gasteiger partial charge in [0, 0.05) is 32.7 Å². The van der Waals surface area contributed by atoms with Gasteiger partial charge in [-0.2, -0.15) is 0 Å².